The van der Waals surface area contributed by atoms with Gasteiger partial charge >= 0.3 is 0 Å². The minimum Gasteiger partial charge on any atom is -0.316 e. The van der Waals surface area contributed by atoms with E-state index in [-0.39, 0.29) is 0 Å². The molecule has 102 valence electrons. The van der Waals surface area contributed by atoms with Crippen molar-refractivity contribution in [2.24, 2.45) is 5.92 Å². The van der Waals surface area contributed by atoms with Gasteiger partial charge in [-0.1, -0.05) is 36.7 Å². The average Bonchev–Trinajstić information content (AvgIpc) is 3.08. The number of hydrogen-bond acceptors (Lipinski definition) is 4. The number of nitrogens with one attached hydrogen (secondary N) is 1. The lowest BCUT2D eigenvalue weighted by molar-refractivity contribution is 0.410. The highest BCUT2D eigenvalue weighted by atomic mass is 32.2. The molecule has 1 aliphatic carbocycles. The third kappa shape index (κ3) is 3.12. The molecule has 1 atom stereocenters. The maximum atomic E-state index is 4.70. The molecular weight excluding hydrogens is 272 g/mol. The monoisotopic (exact) mass is 292 g/mol. The Bertz CT molecular complexity index is 499. The summed E-state index contributed by atoms with van der Waals surface area (Å²) in [6, 6.07) is 9.04. The molecule has 0 spiro atoms. The molecule has 0 amide bonds. The Morgan fingerprint density at radius 1 is 1.37 bits per heavy atom. The third-order valence-electron chi connectivity index (χ3n) is 4.00. The van der Waals surface area contributed by atoms with Gasteiger partial charge in [0.05, 0.1) is 10.2 Å². The van der Waals surface area contributed by atoms with Crippen molar-refractivity contribution in [2.45, 2.75) is 36.1 Å². The van der Waals surface area contributed by atoms with E-state index in [0.29, 0.717) is 6.04 Å². The summed E-state index contributed by atoms with van der Waals surface area (Å²) in [6.45, 7) is 0. The molecule has 3 rings (SSSR count). The van der Waals surface area contributed by atoms with Gasteiger partial charge in [-0.15, -0.1) is 11.3 Å². The van der Waals surface area contributed by atoms with Crippen LogP contribution in [0.4, 0.5) is 0 Å². The van der Waals surface area contributed by atoms with Crippen LogP contribution in [-0.4, -0.2) is 23.8 Å². The minimum absolute atomic E-state index is 0.638. The Kier molecular flexibility index (Phi) is 4.41. The van der Waals surface area contributed by atoms with Crippen LogP contribution < -0.4 is 5.32 Å². The van der Waals surface area contributed by atoms with Crippen molar-refractivity contribution < 1.29 is 0 Å². The number of thiazole rings is 1. The first-order valence-corrected chi connectivity index (χ1v) is 8.82. The van der Waals surface area contributed by atoms with Gasteiger partial charge in [0.2, 0.25) is 0 Å². The Hall–Kier alpha value is -0.580. The summed E-state index contributed by atoms with van der Waals surface area (Å²) in [5, 5.41) is 3.50. The van der Waals surface area contributed by atoms with Gasteiger partial charge in [-0.3, -0.25) is 0 Å². The SMILES string of the molecule is CNC(CSc1nc2ccccc2s1)C1CCCC1. The summed E-state index contributed by atoms with van der Waals surface area (Å²) in [4.78, 5) is 4.70. The largest absolute Gasteiger partial charge is 0.316 e. The number of aromatic nitrogens is 1. The number of nitrogens with zero attached hydrogens (tertiary/aromatic N) is 1. The zero-order valence-electron chi connectivity index (χ0n) is 11.3. The molecule has 0 aliphatic heterocycles. The molecule has 1 unspecified atom stereocenters. The summed E-state index contributed by atoms with van der Waals surface area (Å²) in [7, 11) is 2.10. The first-order valence-electron chi connectivity index (χ1n) is 7.02. The summed E-state index contributed by atoms with van der Waals surface area (Å²) < 4.78 is 2.51. The second-order valence-electron chi connectivity index (χ2n) is 5.20. The average molecular weight is 292 g/mol. The van der Waals surface area contributed by atoms with Gasteiger partial charge in [0.1, 0.15) is 0 Å². The predicted octanol–water partition coefficient (Wildman–Crippen LogP) is 4.17. The molecule has 0 saturated heterocycles. The Balaban J connectivity index is 1.64. The summed E-state index contributed by atoms with van der Waals surface area (Å²) >= 11 is 3.73. The van der Waals surface area contributed by atoms with Crippen molar-refractivity contribution in [2.75, 3.05) is 12.8 Å². The lowest BCUT2D eigenvalue weighted by atomic mass is 10.0. The topological polar surface area (TPSA) is 24.9 Å². The molecule has 2 aromatic rings. The third-order valence-corrected chi connectivity index (χ3v) is 6.30. The van der Waals surface area contributed by atoms with Gasteiger partial charge in [0.15, 0.2) is 4.34 Å². The van der Waals surface area contributed by atoms with E-state index < -0.39 is 0 Å². The van der Waals surface area contributed by atoms with Gasteiger partial charge in [-0.25, -0.2) is 4.98 Å². The van der Waals surface area contributed by atoms with Crippen molar-refractivity contribution >= 4 is 33.3 Å². The zero-order chi connectivity index (χ0) is 13.1. The van der Waals surface area contributed by atoms with Gasteiger partial charge in [0.25, 0.3) is 0 Å². The highest BCUT2D eigenvalue weighted by Crippen LogP contribution is 2.33. The molecule has 2 nitrogen and oxygen atoms in total. The van der Waals surface area contributed by atoms with Crippen LogP contribution in [0.3, 0.4) is 0 Å². The molecule has 1 aromatic carbocycles. The Morgan fingerprint density at radius 3 is 2.89 bits per heavy atom. The molecule has 1 aliphatic rings. The van der Waals surface area contributed by atoms with Crippen LogP contribution in [0.5, 0.6) is 0 Å². The molecular formula is C15H20N2S2. The molecule has 4 heteroatoms. The lowest BCUT2D eigenvalue weighted by Gasteiger charge is -2.21. The summed E-state index contributed by atoms with van der Waals surface area (Å²) in [6.07, 6.45) is 5.61. The molecule has 1 aromatic heterocycles. The number of hydrogen-bond donors (Lipinski definition) is 1. The van der Waals surface area contributed by atoms with Crippen molar-refractivity contribution in [3.05, 3.63) is 24.3 Å². The molecule has 0 bridgehead atoms. The molecule has 19 heavy (non-hydrogen) atoms. The van der Waals surface area contributed by atoms with E-state index in [9.17, 15) is 0 Å². The lowest BCUT2D eigenvalue weighted by Crippen LogP contribution is -2.34. The van der Waals surface area contributed by atoms with Crippen molar-refractivity contribution in [3.8, 4) is 0 Å². The van der Waals surface area contributed by atoms with E-state index in [0.717, 1.165) is 17.2 Å². The van der Waals surface area contributed by atoms with E-state index in [1.165, 1.54) is 34.7 Å². The highest BCUT2D eigenvalue weighted by molar-refractivity contribution is 8.01. The first kappa shape index (κ1) is 13.4. The minimum atomic E-state index is 0.638. The fraction of sp³-hybridized carbons (Fsp3) is 0.533. The smallest absolute Gasteiger partial charge is 0.151 e. The predicted molar refractivity (Wildman–Crippen MR) is 85.1 cm³/mol. The standard InChI is InChI=1S/C15H20N2S2/c1-16-13(11-6-2-3-7-11)10-18-15-17-12-8-4-5-9-14(12)19-15/h4-5,8-9,11,13,16H,2-3,6-7,10H2,1H3. The molecule has 0 radical (unpaired) electrons. The van der Waals surface area contributed by atoms with Gasteiger partial charge in [-0.05, 0) is 37.9 Å². The van der Waals surface area contributed by atoms with Crippen LogP contribution in [-0.2, 0) is 0 Å². The normalized spacial score (nSPS) is 18.2. The van der Waals surface area contributed by atoms with E-state index in [2.05, 4.69) is 36.6 Å². The Labute approximate surface area is 123 Å². The number of benzene rings is 1. The number of para-hydroxylation sites is 1. The highest BCUT2D eigenvalue weighted by Gasteiger charge is 2.24. The van der Waals surface area contributed by atoms with Gasteiger partial charge < -0.3 is 5.32 Å². The zero-order valence-corrected chi connectivity index (χ0v) is 12.9. The van der Waals surface area contributed by atoms with Crippen molar-refractivity contribution in [1.29, 1.82) is 0 Å². The number of fused-ring (bicyclic) bond motifs is 1. The van der Waals surface area contributed by atoms with Crippen molar-refractivity contribution in [3.63, 3.8) is 0 Å². The van der Waals surface area contributed by atoms with E-state index >= 15 is 0 Å². The van der Waals surface area contributed by atoms with Crippen LogP contribution in [0.25, 0.3) is 10.2 Å². The fourth-order valence-corrected chi connectivity index (χ4v) is 5.22. The first-order chi connectivity index (χ1) is 9.36. The maximum absolute atomic E-state index is 4.70. The maximum Gasteiger partial charge on any atom is 0.151 e. The van der Waals surface area contributed by atoms with Crippen molar-refractivity contribution in [1.82, 2.24) is 10.3 Å². The second-order valence-corrected chi connectivity index (χ2v) is 7.50. The Morgan fingerprint density at radius 2 is 2.16 bits per heavy atom. The van der Waals surface area contributed by atoms with E-state index in [1.54, 1.807) is 0 Å². The number of rotatable bonds is 5. The summed E-state index contributed by atoms with van der Waals surface area (Å²) in [5.41, 5.74) is 1.14. The fourth-order valence-electron chi connectivity index (χ4n) is 2.89. The number of thioether (sulfide) groups is 1. The molecule has 1 fully saturated rings. The van der Waals surface area contributed by atoms with Crippen LogP contribution in [0.2, 0.25) is 0 Å². The second kappa shape index (κ2) is 6.25. The molecule has 1 saturated carbocycles. The summed E-state index contributed by atoms with van der Waals surface area (Å²) in [5.74, 6) is 2.01. The van der Waals surface area contributed by atoms with Crippen LogP contribution in [0, 0.1) is 5.92 Å². The quantitative estimate of drug-likeness (QED) is 0.837. The van der Waals surface area contributed by atoms with Gasteiger partial charge in [0, 0.05) is 11.8 Å². The molecule has 1 heterocycles. The van der Waals surface area contributed by atoms with Gasteiger partial charge in [-0.2, -0.15) is 0 Å². The van der Waals surface area contributed by atoms with Crippen LogP contribution in [0.1, 0.15) is 25.7 Å². The van der Waals surface area contributed by atoms with Crippen LogP contribution in [0.15, 0.2) is 28.6 Å². The van der Waals surface area contributed by atoms with E-state index in [4.69, 9.17) is 4.98 Å². The van der Waals surface area contributed by atoms with E-state index in [1.807, 2.05) is 23.1 Å². The molecule has 1 N–H and O–H groups in total. The van der Waals surface area contributed by atoms with Crippen LogP contribution >= 0.6 is 23.1 Å².